The topological polar surface area (TPSA) is 75.3 Å². The Bertz CT molecular complexity index is 277. The summed E-state index contributed by atoms with van der Waals surface area (Å²) in [7, 11) is 0. The van der Waals surface area contributed by atoms with E-state index in [9.17, 15) is 4.21 Å². The van der Waals surface area contributed by atoms with Gasteiger partial charge in [0.1, 0.15) is 0 Å². The molecule has 0 amide bonds. The maximum absolute atomic E-state index is 10.3. The van der Waals surface area contributed by atoms with Crippen molar-refractivity contribution in [3.63, 3.8) is 0 Å². The average Bonchev–Trinajstić information content (AvgIpc) is 1.93. The minimum Gasteiger partial charge on any atom is -0.397 e. The molecule has 1 aromatic carbocycles. The fourth-order valence-electron chi connectivity index (χ4n) is 0.684. The molecule has 5 heteroatoms. The second-order valence-electron chi connectivity index (χ2n) is 1.94. The van der Waals surface area contributed by atoms with Crippen molar-refractivity contribution in [1.82, 2.24) is 0 Å². The highest BCUT2D eigenvalue weighted by Gasteiger charge is 1.97. The van der Waals surface area contributed by atoms with Crippen LogP contribution in [0, 0.1) is 0 Å². The first-order valence-corrected chi connectivity index (χ1v) is 4.03. The van der Waals surface area contributed by atoms with Crippen LogP contribution in [0.3, 0.4) is 0 Å². The fraction of sp³-hybridized carbons (Fsp3) is 0. The molecule has 1 unspecified atom stereocenters. The molecule has 4 nitrogen and oxygen atoms in total. The van der Waals surface area contributed by atoms with Crippen molar-refractivity contribution < 1.29 is 8.76 Å². The van der Waals surface area contributed by atoms with Crippen LogP contribution in [0.4, 0.5) is 11.4 Å². The van der Waals surface area contributed by atoms with E-state index >= 15 is 0 Å². The third kappa shape index (κ3) is 2.21. The van der Waals surface area contributed by atoms with E-state index < -0.39 is 11.3 Å². The molecule has 1 atom stereocenters. The van der Waals surface area contributed by atoms with Crippen LogP contribution in [0.1, 0.15) is 0 Å². The van der Waals surface area contributed by atoms with E-state index in [0.29, 0.717) is 11.4 Å². The predicted octanol–water partition coefficient (Wildman–Crippen LogP) is 0.817. The Balaban J connectivity index is 2.86. The van der Waals surface area contributed by atoms with Gasteiger partial charge in [-0.3, -0.25) is 9.27 Å². The molecule has 4 N–H and O–H groups in total. The molecule has 11 heavy (non-hydrogen) atoms. The number of nitrogen functional groups attached to an aromatic ring is 1. The number of nitrogens with two attached hydrogens (primary N) is 1. The number of hydrogen-bond donors (Lipinski definition) is 3. The molecular weight excluding hydrogens is 164 g/mol. The van der Waals surface area contributed by atoms with Gasteiger partial charge >= 0.3 is 0 Å². The summed E-state index contributed by atoms with van der Waals surface area (Å²) in [6, 6.07) is 6.75. The first kappa shape index (κ1) is 8.03. The molecule has 0 saturated heterocycles. The summed E-state index contributed by atoms with van der Waals surface area (Å²) in [4.78, 5) is 0. The third-order valence-corrected chi connectivity index (χ3v) is 1.55. The van der Waals surface area contributed by atoms with Crippen molar-refractivity contribution >= 4 is 22.6 Å². The second kappa shape index (κ2) is 3.36. The van der Waals surface area contributed by atoms with Gasteiger partial charge in [-0.05, 0) is 12.1 Å². The Hall–Kier alpha value is -1.07. The molecule has 1 aromatic rings. The lowest BCUT2D eigenvalue weighted by Gasteiger charge is -2.02. The van der Waals surface area contributed by atoms with Crippen LogP contribution in [0.15, 0.2) is 24.3 Å². The average molecular weight is 172 g/mol. The van der Waals surface area contributed by atoms with Crippen LogP contribution >= 0.6 is 0 Å². The van der Waals surface area contributed by atoms with Crippen molar-refractivity contribution in [1.29, 1.82) is 0 Å². The Morgan fingerprint density at radius 1 is 1.45 bits per heavy atom. The highest BCUT2D eigenvalue weighted by Crippen LogP contribution is 2.16. The van der Waals surface area contributed by atoms with E-state index in [-0.39, 0.29) is 0 Å². The maximum Gasteiger partial charge on any atom is 0.259 e. The molecule has 1 rings (SSSR count). The van der Waals surface area contributed by atoms with Crippen LogP contribution in [0.5, 0.6) is 0 Å². The fourth-order valence-corrected chi connectivity index (χ4v) is 1.06. The van der Waals surface area contributed by atoms with Crippen molar-refractivity contribution in [2.45, 2.75) is 0 Å². The molecule has 0 aliphatic carbocycles. The molecule has 0 saturated carbocycles. The first-order valence-electron chi connectivity index (χ1n) is 2.92. The van der Waals surface area contributed by atoms with Crippen LogP contribution in [-0.2, 0) is 11.3 Å². The largest absolute Gasteiger partial charge is 0.397 e. The number of nitrogens with one attached hydrogen (secondary N) is 1. The predicted molar refractivity (Wildman–Crippen MR) is 45.2 cm³/mol. The number of benzene rings is 1. The Morgan fingerprint density at radius 2 is 2.09 bits per heavy atom. The molecular formula is C6H8N2O2S. The highest BCUT2D eigenvalue weighted by atomic mass is 32.2. The number of para-hydroxylation sites is 2. The van der Waals surface area contributed by atoms with Crippen molar-refractivity contribution in [3.05, 3.63) is 24.3 Å². The highest BCUT2D eigenvalue weighted by molar-refractivity contribution is 7.80. The van der Waals surface area contributed by atoms with E-state index in [4.69, 9.17) is 10.3 Å². The molecule has 0 fully saturated rings. The zero-order valence-electron chi connectivity index (χ0n) is 5.65. The lowest BCUT2D eigenvalue weighted by molar-refractivity contribution is 0.570. The molecule has 0 heterocycles. The van der Waals surface area contributed by atoms with E-state index in [1.54, 1.807) is 24.3 Å². The Morgan fingerprint density at radius 3 is 2.64 bits per heavy atom. The van der Waals surface area contributed by atoms with Gasteiger partial charge in [-0.25, -0.2) is 4.21 Å². The van der Waals surface area contributed by atoms with Gasteiger partial charge in [0, 0.05) is 0 Å². The van der Waals surface area contributed by atoms with Gasteiger partial charge in [0.15, 0.2) is 0 Å². The van der Waals surface area contributed by atoms with Crippen LogP contribution in [-0.4, -0.2) is 8.76 Å². The normalized spacial score (nSPS) is 12.5. The standard InChI is InChI=1S/C6H8N2O2S/c7-5-3-1-2-4-6(5)8-11(9)10/h1-4,8H,7H2,(H,9,10). The lowest BCUT2D eigenvalue weighted by Crippen LogP contribution is -2.04. The third-order valence-electron chi connectivity index (χ3n) is 1.16. The van der Waals surface area contributed by atoms with Gasteiger partial charge in [-0.15, -0.1) is 0 Å². The molecule has 0 aliphatic heterocycles. The van der Waals surface area contributed by atoms with Gasteiger partial charge < -0.3 is 5.73 Å². The second-order valence-corrected chi connectivity index (χ2v) is 2.64. The molecule has 0 aliphatic rings. The lowest BCUT2D eigenvalue weighted by atomic mass is 10.3. The molecule has 0 radical (unpaired) electrons. The van der Waals surface area contributed by atoms with E-state index in [1.807, 2.05) is 0 Å². The van der Waals surface area contributed by atoms with Gasteiger partial charge in [-0.1, -0.05) is 12.1 Å². The van der Waals surface area contributed by atoms with E-state index in [2.05, 4.69) is 4.72 Å². The number of rotatable bonds is 2. The van der Waals surface area contributed by atoms with Crippen LogP contribution in [0.2, 0.25) is 0 Å². The van der Waals surface area contributed by atoms with Gasteiger partial charge in [0.25, 0.3) is 11.3 Å². The molecule has 0 spiro atoms. The van der Waals surface area contributed by atoms with Crippen LogP contribution < -0.4 is 10.5 Å². The zero-order chi connectivity index (χ0) is 8.27. The summed E-state index contributed by atoms with van der Waals surface area (Å²) in [6.45, 7) is 0. The summed E-state index contributed by atoms with van der Waals surface area (Å²) in [5.74, 6) is 0. The van der Waals surface area contributed by atoms with Crippen molar-refractivity contribution in [2.24, 2.45) is 0 Å². The minimum absolute atomic E-state index is 0.454. The zero-order valence-corrected chi connectivity index (χ0v) is 6.47. The first-order chi connectivity index (χ1) is 5.20. The van der Waals surface area contributed by atoms with Crippen LogP contribution in [0.25, 0.3) is 0 Å². The van der Waals surface area contributed by atoms with Crippen molar-refractivity contribution in [3.8, 4) is 0 Å². The number of anilines is 2. The van der Waals surface area contributed by atoms with Gasteiger partial charge in [0.05, 0.1) is 11.4 Å². The summed E-state index contributed by atoms with van der Waals surface area (Å²) >= 11 is -2.06. The molecule has 60 valence electrons. The molecule has 0 aromatic heterocycles. The van der Waals surface area contributed by atoms with Gasteiger partial charge in [-0.2, -0.15) is 0 Å². The summed E-state index contributed by atoms with van der Waals surface area (Å²) < 4.78 is 21.0. The Kier molecular flexibility index (Phi) is 2.45. The minimum atomic E-state index is -2.06. The van der Waals surface area contributed by atoms with E-state index in [1.165, 1.54) is 0 Å². The summed E-state index contributed by atoms with van der Waals surface area (Å²) in [5.41, 5.74) is 6.38. The van der Waals surface area contributed by atoms with Gasteiger partial charge in [0.2, 0.25) is 0 Å². The smallest absolute Gasteiger partial charge is 0.259 e. The maximum atomic E-state index is 10.3. The monoisotopic (exact) mass is 172 g/mol. The van der Waals surface area contributed by atoms with Crippen molar-refractivity contribution in [2.75, 3.05) is 10.5 Å². The summed E-state index contributed by atoms with van der Waals surface area (Å²) in [5, 5.41) is 0. The SMILES string of the molecule is Nc1ccccc1NS(=O)O. The Labute approximate surface area is 66.8 Å². The van der Waals surface area contributed by atoms with E-state index in [0.717, 1.165) is 0 Å². The molecule has 0 bridgehead atoms. The summed E-state index contributed by atoms with van der Waals surface area (Å²) in [6.07, 6.45) is 0. The number of hydrogen-bond acceptors (Lipinski definition) is 2. The quantitative estimate of drug-likeness (QED) is 0.456.